The molecule has 37 heavy (non-hydrogen) atoms. The van der Waals surface area contributed by atoms with Crippen LogP contribution >= 0.6 is 11.8 Å². The van der Waals surface area contributed by atoms with Gasteiger partial charge in [0.05, 0.1) is 7.11 Å². The van der Waals surface area contributed by atoms with Gasteiger partial charge in [0.1, 0.15) is 24.2 Å². The van der Waals surface area contributed by atoms with Crippen LogP contribution in [0, 0.1) is 12.3 Å². The van der Waals surface area contributed by atoms with Crippen molar-refractivity contribution in [3.05, 3.63) is 35.4 Å². The number of benzene rings is 1. The van der Waals surface area contributed by atoms with Crippen molar-refractivity contribution in [2.45, 2.75) is 70.2 Å². The molecule has 0 bridgehead atoms. The maximum atomic E-state index is 14.1. The smallest absolute Gasteiger partial charge is 0.408 e. The van der Waals surface area contributed by atoms with Crippen molar-refractivity contribution in [1.82, 2.24) is 15.5 Å². The molecule has 0 aliphatic heterocycles. The molecule has 2 unspecified atom stereocenters. The molecule has 0 saturated heterocycles. The highest BCUT2D eigenvalue weighted by atomic mass is 32.2. The van der Waals surface area contributed by atoms with Crippen molar-refractivity contribution in [2.24, 2.45) is 0 Å². The van der Waals surface area contributed by atoms with Gasteiger partial charge < -0.3 is 25.0 Å². The van der Waals surface area contributed by atoms with Crippen molar-refractivity contribution in [3.63, 3.8) is 0 Å². The standard InChI is InChI=1S/C27H37N3O6S/c1-7-18-11-13-19(14-12-18)23(24(32)28-17-22(31)35-5)30(20-9-8-10-20)25(33)21(15-16-37-6)29-26(34)36-27(2,3)4/h1,11-14,20-21,23H,8-10,15-17H2,2-6H3,(H,28,32)(H,29,34). The van der Waals surface area contributed by atoms with Gasteiger partial charge in [-0.05, 0) is 76.2 Å². The highest BCUT2D eigenvalue weighted by molar-refractivity contribution is 7.98. The molecule has 2 atom stereocenters. The van der Waals surface area contributed by atoms with Gasteiger partial charge >= 0.3 is 12.1 Å². The Kier molecular flexibility index (Phi) is 11.3. The van der Waals surface area contributed by atoms with Gasteiger partial charge in [0.25, 0.3) is 0 Å². The number of esters is 1. The average molecular weight is 532 g/mol. The minimum absolute atomic E-state index is 0.203. The first kappa shape index (κ1) is 30.0. The molecule has 0 heterocycles. The van der Waals surface area contributed by atoms with Gasteiger partial charge in [0.15, 0.2) is 0 Å². The van der Waals surface area contributed by atoms with E-state index in [1.807, 2.05) is 6.26 Å². The molecular formula is C27H37N3O6S. The molecule has 2 rings (SSSR count). The lowest BCUT2D eigenvalue weighted by molar-refractivity contribution is -0.148. The Labute approximate surface area is 223 Å². The molecule has 202 valence electrons. The van der Waals surface area contributed by atoms with Gasteiger partial charge in [0, 0.05) is 11.6 Å². The Morgan fingerprint density at radius 2 is 1.84 bits per heavy atom. The summed E-state index contributed by atoms with van der Waals surface area (Å²) in [6.45, 7) is 4.89. The lowest BCUT2D eigenvalue weighted by atomic mass is 9.87. The third-order valence-corrected chi connectivity index (χ3v) is 6.52. The highest BCUT2D eigenvalue weighted by Gasteiger charge is 2.42. The van der Waals surface area contributed by atoms with Gasteiger partial charge in [0.2, 0.25) is 11.8 Å². The zero-order valence-electron chi connectivity index (χ0n) is 22.2. The van der Waals surface area contributed by atoms with E-state index in [9.17, 15) is 19.2 Å². The number of terminal acetylenes is 1. The van der Waals surface area contributed by atoms with Crippen LogP contribution in [0.15, 0.2) is 24.3 Å². The van der Waals surface area contributed by atoms with Gasteiger partial charge in [-0.1, -0.05) is 18.1 Å². The van der Waals surface area contributed by atoms with E-state index in [0.29, 0.717) is 23.3 Å². The number of nitrogens with one attached hydrogen (secondary N) is 2. The van der Waals surface area contributed by atoms with Crippen LogP contribution in [-0.4, -0.2) is 72.1 Å². The van der Waals surface area contributed by atoms with E-state index in [1.54, 1.807) is 61.7 Å². The summed E-state index contributed by atoms with van der Waals surface area (Å²) < 4.78 is 10.0. The highest BCUT2D eigenvalue weighted by Crippen LogP contribution is 2.34. The Hall–Kier alpha value is -3.19. The van der Waals surface area contributed by atoms with Crippen molar-refractivity contribution >= 4 is 35.6 Å². The second-order valence-corrected chi connectivity index (χ2v) is 10.8. The number of carbonyl (C=O) groups is 4. The molecule has 1 saturated carbocycles. The molecule has 9 nitrogen and oxygen atoms in total. The number of hydrogen-bond donors (Lipinski definition) is 2. The Balaban J connectivity index is 2.46. The largest absolute Gasteiger partial charge is 0.468 e. The third-order valence-electron chi connectivity index (χ3n) is 5.88. The number of thioether (sulfide) groups is 1. The summed E-state index contributed by atoms with van der Waals surface area (Å²) in [6, 6.07) is 4.66. The van der Waals surface area contributed by atoms with Crippen LogP contribution in [-0.2, 0) is 23.9 Å². The van der Waals surface area contributed by atoms with E-state index in [1.165, 1.54) is 7.11 Å². The molecule has 10 heteroatoms. The Morgan fingerprint density at radius 3 is 2.32 bits per heavy atom. The number of rotatable bonds is 11. The van der Waals surface area contributed by atoms with Crippen LogP contribution in [0.3, 0.4) is 0 Å². The maximum Gasteiger partial charge on any atom is 0.408 e. The predicted octanol–water partition coefficient (Wildman–Crippen LogP) is 3.03. The normalized spacial score (nSPS) is 14.8. The van der Waals surface area contributed by atoms with Crippen LogP contribution in [0.4, 0.5) is 4.79 Å². The first-order chi connectivity index (χ1) is 17.5. The molecule has 1 fully saturated rings. The zero-order chi connectivity index (χ0) is 27.6. The zero-order valence-corrected chi connectivity index (χ0v) is 23.0. The molecule has 1 aromatic carbocycles. The molecule has 0 radical (unpaired) electrons. The van der Waals surface area contributed by atoms with Crippen LogP contribution in [0.5, 0.6) is 0 Å². The second-order valence-electron chi connectivity index (χ2n) is 9.77. The number of amides is 3. The Morgan fingerprint density at radius 1 is 1.19 bits per heavy atom. The maximum absolute atomic E-state index is 14.1. The summed E-state index contributed by atoms with van der Waals surface area (Å²) in [5, 5.41) is 5.31. The lowest BCUT2D eigenvalue weighted by Crippen LogP contribution is -2.57. The van der Waals surface area contributed by atoms with Crippen molar-refractivity contribution < 1.29 is 28.7 Å². The fraction of sp³-hybridized carbons (Fsp3) is 0.556. The van der Waals surface area contributed by atoms with E-state index in [4.69, 9.17) is 11.2 Å². The summed E-state index contributed by atoms with van der Waals surface area (Å²) in [4.78, 5) is 53.4. The molecule has 3 amide bonds. The number of hydrogen-bond acceptors (Lipinski definition) is 7. The molecule has 1 aromatic rings. The molecule has 0 spiro atoms. The topological polar surface area (TPSA) is 114 Å². The minimum Gasteiger partial charge on any atom is -0.468 e. The lowest BCUT2D eigenvalue weighted by Gasteiger charge is -2.43. The van der Waals surface area contributed by atoms with Crippen LogP contribution in [0.25, 0.3) is 0 Å². The van der Waals surface area contributed by atoms with Gasteiger partial charge in [-0.15, -0.1) is 6.42 Å². The molecule has 1 aliphatic rings. The van der Waals surface area contributed by atoms with Gasteiger partial charge in [-0.25, -0.2) is 4.79 Å². The fourth-order valence-electron chi connectivity index (χ4n) is 3.83. The van der Waals surface area contributed by atoms with Crippen molar-refractivity contribution in [1.29, 1.82) is 0 Å². The van der Waals surface area contributed by atoms with E-state index in [0.717, 1.165) is 19.3 Å². The summed E-state index contributed by atoms with van der Waals surface area (Å²) in [6.07, 6.45) is 9.41. The number of alkyl carbamates (subject to hydrolysis) is 1. The summed E-state index contributed by atoms with van der Waals surface area (Å²) in [7, 11) is 1.23. The summed E-state index contributed by atoms with van der Waals surface area (Å²) in [5.74, 6) is 1.63. The van der Waals surface area contributed by atoms with Crippen molar-refractivity contribution in [2.75, 3.05) is 25.7 Å². The van der Waals surface area contributed by atoms with Crippen LogP contribution < -0.4 is 10.6 Å². The van der Waals surface area contributed by atoms with Crippen LogP contribution in [0.1, 0.15) is 63.6 Å². The first-order valence-corrected chi connectivity index (χ1v) is 13.6. The monoisotopic (exact) mass is 531 g/mol. The quantitative estimate of drug-likeness (QED) is 0.333. The Bertz CT molecular complexity index is 995. The minimum atomic E-state index is -1.04. The molecule has 1 aliphatic carbocycles. The third kappa shape index (κ3) is 9.01. The SMILES string of the molecule is C#Cc1ccc(C(C(=O)NCC(=O)OC)N(C(=O)C(CCSC)NC(=O)OC(C)(C)C)C2CCC2)cc1. The van der Waals surface area contributed by atoms with E-state index >= 15 is 0 Å². The van der Waals surface area contributed by atoms with E-state index in [2.05, 4.69) is 21.3 Å². The van der Waals surface area contributed by atoms with Gasteiger partial charge in [-0.2, -0.15) is 11.8 Å². The number of methoxy groups -OCH3 is 1. The summed E-state index contributed by atoms with van der Waals surface area (Å²) in [5.41, 5.74) is 0.436. The predicted molar refractivity (Wildman–Crippen MR) is 143 cm³/mol. The average Bonchev–Trinajstić information content (AvgIpc) is 2.82. The van der Waals surface area contributed by atoms with Gasteiger partial charge in [-0.3, -0.25) is 14.4 Å². The van der Waals surface area contributed by atoms with Crippen LogP contribution in [0.2, 0.25) is 0 Å². The molecule has 2 N–H and O–H groups in total. The molecule has 0 aromatic heterocycles. The first-order valence-electron chi connectivity index (χ1n) is 12.2. The summed E-state index contributed by atoms with van der Waals surface area (Å²) >= 11 is 1.54. The number of carbonyl (C=O) groups excluding carboxylic acids is 4. The second kappa shape index (κ2) is 13.9. The number of nitrogens with zero attached hydrogens (tertiary/aromatic N) is 1. The number of ether oxygens (including phenoxy) is 2. The fourth-order valence-corrected chi connectivity index (χ4v) is 4.31. The van der Waals surface area contributed by atoms with E-state index < -0.39 is 35.7 Å². The van der Waals surface area contributed by atoms with Crippen molar-refractivity contribution in [3.8, 4) is 12.3 Å². The van der Waals surface area contributed by atoms with E-state index in [-0.39, 0.29) is 18.5 Å². The molecular weight excluding hydrogens is 494 g/mol.